The highest BCUT2D eigenvalue weighted by Gasteiger charge is 2.58. The van der Waals surface area contributed by atoms with Crippen molar-refractivity contribution in [1.82, 2.24) is 4.57 Å². The van der Waals surface area contributed by atoms with Crippen LogP contribution in [0, 0.1) is 13.8 Å². The number of para-hydroxylation sites is 1. The van der Waals surface area contributed by atoms with Gasteiger partial charge < -0.3 is 9.67 Å². The molecule has 1 N–H and O–H groups in total. The Hall–Kier alpha value is -2.53. The average Bonchev–Trinajstić information content (AvgIpc) is 3.04. The van der Waals surface area contributed by atoms with Crippen molar-refractivity contribution < 1.29 is 18.3 Å². The SMILES string of the molecule is Cc1ccc(C2=CC(O)(C(F)(F)F)n3c2c(C)c2ccccc23)cc1. The van der Waals surface area contributed by atoms with Gasteiger partial charge >= 0.3 is 6.18 Å². The van der Waals surface area contributed by atoms with E-state index in [0.29, 0.717) is 27.7 Å². The highest BCUT2D eigenvalue weighted by molar-refractivity contribution is 5.95. The Morgan fingerprint density at radius 3 is 2.24 bits per heavy atom. The fraction of sp³-hybridized carbons (Fsp3) is 0.200. The molecule has 1 atom stereocenters. The van der Waals surface area contributed by atoms with Crippen LogP contribution < -0.4 is 0 Å². The molecule has 2 aromatic carbocycles. The van der Waals surface area contributed by atoms with Crippen LogP contribution >= 0.6 is 0 Å². The van der Waals surface area contributed by atoms with Gasteiger partial charge in [0.05, 0.1) is 11.2 Å². The number of hydrogen-bond donors (Lipinski definition) is 1. The molecule has 1 unspecified atom stereocenters. The molecule has 0 bridgehead atoms. The van der Waals surface area contributed by atoms with Crippen LogP contribution in [0.25, 0.3) is 16.5 Å². The lowest BCUT2D eigenvalue weighted by molar-refractivity contribution is -0.272. The number of aromatic nitrogens is 1. The van der Waals surface area contributed by atoms with E-state index in [1.807, 2.05) is 19.1 Å². The number of halogens is 3. The Labute approximate surface area is 142 Å². The summed E-state index contributed by atoms with van der Waals surface area (Å²) in [7, 11) is 0. The third-order valence-corrected chi connectivity index (χ3v) is 4.85. The van der Waals surface area contributed by atoms with Crippen LogP contribution in [0.1, 0.15) is 22.4 Å². The number of benzene rings is 2. The first kappa shape index (κ1) is 16.0. The molecule has 0 saturated carbocycles. The van der Waals surface area contributed by atoms with Gasteiger partial charge in [-0.05, 0) is 37.1 Å². The standard InChI is InChI=1S/C20H16F3NO/c1-12-7-9-14(10-8-12)16-11-19(25,20(21,22)23)24-17-6-4-3-5-15(17)13(2)18(16)24/h3-11,25H,1-2H3. The van der Waals surface area contributed by atoms with Crippen LogP contribution in [-0.2, 0) is 5.72 Å². The number of rotatable bonds is 1. The summed E-state index contributed by atoms with van der Waals surface area (Å²) in [6, 6.07) is 14.1. The van der Waals surface area contributed by atoms with Crippen molar-refractivity contribution in [1.29, 1.82) is 0 Å². The molecule has 1 aromatic heterocycles. The Morgan fingerprint density at radius 2 is 1.60 bits per heavy atom. The van der Waals surface area contributed by atoms with E-state index < -0.39 is 11.9 Å². The predicted octanol–water partition coefficient (Wildman–Crippen LogP) is 4.91. The normalized spacial score (nSPS) is 20.0. The first-order valence-corrected chi connectivity index (χ1v) is 7.94. The third-order valence-electron chi connectivity index (χ3n) is 4.85. The summed E-state index contributed by atoms with van der Waals surface area (Å²) < 4.78 is 42.4. The van der Waals surface area contributed by atoms with Gasteiger partial charge in [-0.25, -0.2) is 0 Å². The number of hydrogen-bond acceptors (Lipinski definition) is 1. The van der Waals surface area contributed by atoms with Crippen LogP contribution in [0.15, 0.2) is 54.6 Å². The van der Waals surface area contributed by atoms with Crippen molar-refractivity contribution in [2.45, 2.75) is 25.7 Å². The molecule has 0 saturated heterocycles. The van der Waals surface area contributed by atoms with Gasteiger partial charge in [-0.1, -0.05) is 48.0 Å². The summed E-state index contributed by atoms with van der Waals surface area (Å²) in [5.41, 5.74) is 0.508. The molecule has 128 valence electrons. The summed E-state index contributed by atoms with van der Waals surface area (Å²) in [5.74, 6) is 0. The molecule has 2 heterocycles. The van der Waals surface area contributed by atoms with Gasteiger partial charge in [-0.2, -0.15) is 13.2 Å². The molecule has 0 aliphatic carbocycles. The van der Waals surface area contributed by atoms with Crippen molar-refractivity contribution in [3.63, 3.8) is 0 Å². The van der Waals surface area contributed by atoms with Crippen LogP contribution in [-0.4, -0.2) is 15.8 Å². The van der Waals surface area contributed by atoms with E-state index in [1.54, 1.807) is 43.3 Å². The number of aryl methyl sites for hydroxylation is 2. The lowest BCUT2D eigenvalue weighted by atomic mass is 9.98. The van der Waals surface area contributed by atoms with E-state index in [2.05, 4.69) is 0 Å². The van der Waals surface area contributed by atoms with Gasteiger partial charge in [0.15, 0.2) is 0 Å². The second-order valence-corrected chi connectivity index (χ2v) is 6.47. The maximum atomic E-state index is 13.8. The van der Waals surface area contributed by atoms with Crippen molar-refractivity contribution in [2.75, 3.05) is 0 Å². The molecule has 0 spiro atoms. The second kappa shape index (κ2) is 4.99. The highest BCUT2D eigenvalue weighted by Crippen LogP contribution is 2.49. The zero-order valence-electron chi connectivity index (χ0n) is 13.7. The molecule has 1 aliphatic rings. The predicted molar refractivity (Wildman–Crippen MR) is 91.2 cm³/mol. The minimum atomic E-state index is -4.83. The molecular formula is C20H16F3NO. The molecule has 0 amide bonds. The number of alkyl halides is 3. The van der Waals surface area contributed by atoms with Crippen molar-refractivity contribution in [3.05, 3.63) is 77.0 Å². The number of fused-ring (bicyclic) bond motifs is 3. The molecule has 2 nitrogen and oxygen atoms in total. The minimum Gasteiger partial charge on any atom is -0.360 e. The van der Waals surface area contributed by atoms with E-state index in [1.165, 1.54) is 0 Å². The van der Waals surface area contributed by atoms with Gasteiger partial charge in [0.1, 0.15) is 0 Å². The van der Waals surface area contributed by atoms with E-state index in [-0.39, 0.29) is 0 Å². The Balaban J connectivity index is 2.09. The highest BCUT2D eigenvalue weighted by atomic mass is 19.4. The molecule has 25 heavy (non-hydrogen) atoms. The molecule has 1 aliphatic heterocycles. The quantitative estimate of drug-likeness (QED) is 0.667. The van der Waals surface area contributed by atoms with E-state index in [0.717, 1.165) is 21.8 Å². The van der Waals surface area contributed by atoms with Crippen LogP contribution in [0.2, 0.25) is 0 Å². The fourth-order valence-electron chi connectivity index (χ4n) is 3.57. The zero-order valence-corrected chi connectivity index (χ0v) is 13.7. The average molecular weight is 343 g/mol. The lowest BCUT2D eigenvalue weighted by Gasteiger charge is -2.27. The molecule has 5 heteroatoms. The second-order valence-electron chi connectivity index (χ2n) is 6.47. The maximum Gasteiger partial charge on any atom is 0.441 e. The van der Waals surface area contributed by atoms with Gasteiger partial charge in [0.25, 0.3) is 5.72 Å². The van der Waals surface area contributed by atoms with E-state index in [4.69, 9.17) is 0 Å². The molecule has 4 rings (SSSR count). The molecule has 0 fully saturated rings. The summed E-state index contributed by atoms with van der Waals surface area (Å²) in [4.78, 5) is 0. The van der Waals surface area contributed by atoms with Gasteiger partial charge in [0, 0.05) is 11.0 Å². The van der Waals surface area contributed by atoms with Gasteiger partial charge in [0.2, 0.25) is 0 Å². The Bertz CT molecular complexity index is 1010. The third kappa shape index (κ3) is 2.09. The minimum absolute atomic E-state index is 0.369. The van der Waals surface area contributed by atoms with E-state index in [9.17, 15) is 18.3 Å². The van der Waals surface area contributed by atoms with Crippen molar-refractivity contribution >= 4 is 16.5 Å². The van der Waals surface area contributed by atoms with Crippen LogP contribution in [0.4, 0.5) is 13.2 Å². The summed E-state index contributed by atoms with van der Waals surface area (Å²) in [6.45, 7) is 3.71. The Morgan fingerprint density at radius 1 is 0.960 bits per heavy atom. The van der Waals surface area contributed by atoms with Gasteiger partial charge in [-0.15, -0.1) is 0 Å². The maximum absolute atomic E-state index is 13.8. The first-order valence-electron chi connectivity index (χ1n) is 7.94. The molecule has 0 radical (unpaired) electrons. The van der Waals surface area contributed by atoms with E-state index >= 15 is 0 Å². The monoisotopic (exact) mass is 343 g/mol. The lowest BCUT2D eigenvalue weighted by Crippen LogP contribution is -2.44. The Kier molecular flexibility index (Phi) is 3.19. The van der Waals surface area contributed by atoms with Crippen molar-refractivity contribution in [2.24, 2.45) is 0 Å². The summed E-state index contributed by atoms with van der Waals surface area (Å²) in [6.07, 6.45) is -3.91. The largest absolute Gasteiger partial charge is 0.441 e. The number of aliphatic hydroxyl groups is 1. The molecule has 3 aromatic rings. The molecular weight excluding hydrogens is 327 g/mol. The summed E-state index contributed by atoms with van der Waals surface area (Å²) >= 11 is 0. The first-order chi connectivity index (χ1) is 11.7. The number of nitrogens with zero attached hydrogens (tertiary/aromatic N) is 1. The van der Waals surface area contributed by atoms with Crippen molar-refractivity contribution in [3.8, 4) is 0 Å². The topological polar surface area (TPSA) is 25.2 Å². The zero-order chi connectivity index (χ0) is 18.0. The van der Waals surface area contributed by atoms with Crippen LogP contribution in [0.5, 0.6) is 0 Å². The smallest absolute Gasteiger partial charge is 0.360 e. The van der Waals surface area contributed by atoms with Gasteiger partial charge in [-0.3, -0.25) is 0 Å². The fourth-order valence-corrected chi connectivity index (χ4v) is 3.57. The van der Waals surface area contributed by atoms with Crippen LogP contribution in [0.3, 0.4) is 0 Å². The summed E-state index contributed by atoms with van der Waals surface area (Å²) in [5, 5.41) is 11.3.